The topological polar surface area (TPSA) is 81.3 Å². The fourth-order valence-corrected chi connectivity index (χ4v) is 3.86. The second kappa shape index (κ2) is 8.08. The number of hydrogen-bond acceptors (Lipinski definition) is 5. The van der Waals surface area contributed by atoms with E-state index < -0.39 is 6.09 Å². The average Bonchev–Trinajstić information content (AvgIpc) is 2.58. The van der Waals surface area contributed by atoms with Crippen molar-refractivity contribution in [2.45, 2.75) is 58.1 Å². The summed E-state index contributed by atoms with van der Waals surface area (Å²) in [5, 5.41) is 1.25. The van der Waals surface area contributed by atoms with Gasteiger partial charge in [-0.2, -0.15) is 4.98 Å². The Morgan fingerprint density at radius 1 is 1.42 bits per heavy atom. The molecule has 1 amide bonds. The highest BCUT2D eigenvalue weighted by Gasteiger charge is 2.32. The van der Waals surface area contributed by atoms with E-state index in [1.54, 1.807) is 0 Å². The van der Waals surface area contributed by atoms with Crippen molar-refractivity contribution >= 4 is 34.4 Å². The predicted molar refractivity (Wildman–Crippen MR) is 104 cm³/mol. The molecule has 2 atom stereocenters. The summed E-state index contributed by atoms with van der Waals surface area (Å²) < 4.78 is 5.27. The number of nitrogens with two attached hydrogens (primary N) is 1. The van der Waals surface area contributed by atoms with Crippen LogP contribution in [0.4, 0.5) is 10.6 Å². The first-order valence-corrected chi connectivity index (χ1v) is 9.52. The SMILES string of the molecule is CCCCC1CC(OC(N)=O)CCN1c1nc(Cl)nc2cc(C)ccc12. The molecule has 0 bridgehead atoms. The summed E-state index contributed by atoms with van der Waals surface area (Å²) in [6, 6.07) is 6.37. The second-order valence-electron chi connectivity index (χ2n) is 6.91. The van der Waals surface area contributed by atoms with Crippen molar-refractivity contribution in [3.8, 4) is 0 Å². The lowest BCUT2D eigenvalue weighted by Gasteiger charge is -2.40. The number of anilines is 1. The molecule has 3 rings (SSSR count). The van der Waals surface area contributed by atoms with Crippen LogP contribution >= 0.6 is 11.6 Å². The Kier molecular flexibility index (Phi) is 5.81. The number of unbranched alkanes of at least 4 members (excludes halogenated alkanes) is 1. The lowest BCUT2D eigenvalue weighted by molar-refractivity contribution is 0.0808. The molecule has 2 N–H and O–H groups in total. The van der Waals surface area contributed by atoms with Crippen molar-refractivity contribution in [2.24, 2.45) is 5.73 Å². The van der Waals surface area contributed by atoms with E-state index in [-0.39, 0.29) is 17.4 Å². The van der Waals surface area contributed by atoms with Crippen LogP contribution in [0, 0.1) is 6.92 Å². The van der Waals surface area contributed by atoms with Crippen LogP contribution in [0.25, 0.3) is 10.9 Å². The van der Waals surface area contributed by atoms with Gasteiger partial charge >= 0.3 is 6.09 Å². The van der Waals surface area contributed by atoms with Gasteiger partial charge in [0.05, 0.1) is 5.52 Å². The lowest BCUT2D eigenvalue weighted by atomic mass is 9.94. The van der Waals surface area contributed by atoms with Gasteiger partial charge in [0.2, 0.25) is 5.28 Å². The first kappa shape index (κ1) is 18.7. The molecule has 1 aliphatic rings. The van der Waals surface area contributed by atoms with E-state index >= 15 is 0 Å². The third kappa shape index (κ3) is 4.18. The molecule has 1 aromatic carbocycles. The quantitative estimate of drug-likeness (QED) is 0.790. The third-order valence-electron chi connectivity index (χ3n) is 4.92. The number of piperidine rings is 1. The molecular weight excluding hydrogens is 352 g/mol. The van der Waals surface area contributed by atoms with Crippen LogP contribution in [0.1, 0.15) is 44.6 Å². The number of hydrogen-bond donors (Lipinski definition) is 1. The summed E-state index contributed by atoms with van der Waals surface area (Å²) >= 11 is 6.21. The number of benzene rings is 1. The predicted octanol–water partition coefficient (Wildman–Crippen LogP) is 4.21. The Labute approximate surface area is 158 Å². The smallest absolute Gasteiger partial charge is 0.404 e. The van der Waals surface area contributed by atoms with Gasteiger partial charge in [0.1, 0.15) is 11.9 Å². The molecular formula is C19H25ClN4O2. The zero-order valence-electron chi connectivity index (χ0n) is 15.2. The van der Waals surface area contributed by atoms with Crippen molar-refractivity contribution in [1.29, 1.82) is 0 Å². The summed E-state index contributed by atoms with van der Waals surface area (Å²) in [5.41, 5.74) is 7.20. The van der Waals surface area contributed by atoms with E-state index in [4.69, 9.17) is 22.1 Å². The van der Waals surface area contributed by atoms with Gasteiger partial charge in [-0.3, -0.25) is 0 Å². The number of amides is 1. The summed E-state index contributed by atoms with van der Waals surface area (Å²) in [6.07, 6.45) is 3.83. The minimum absolute atomic E-state index is 0.142. The van der Waals surface area contributed by atoms with Gasteiger partial charge < -0.3 is 15.4 Å². The maximum Gasteiger partial charge on any atom is 0.404 e. The van der Waals surface area contributed by atoms with Crippen molar-refractivity contribution in [3.05, 3.63) is 29.0 Å². The van der Waals surface area contributed by atoms with Crippen LogP contribution in [0.15, 0.2) is 18.2 Å². The minimum Gasteiger partial charge on any atom is -0.446 e. The van der Waals surface area contributed by atoms with Crippen molar-refractivity contribution in [2.75, 3.05) is 11.4 Å². The molecule has 26 heavy (non-hydrogen) atoms. The van der Waals surface area contributed by atoms with E-state index in [2.05, 4.69) is 33.9 Å². The molecule has 1 fully saturated rings. The number of aryl methyl sites for hydroxylation is 1. The van der Waals surface area contributed by atoms with Crippen LogP contribution < -0.4 is 10.6 Å². The van der Waals surface area contributed by atoms with Crippen molar-refractivity contribution < 1.29 is 9.53 Å². The van der Waals surface area contributed by atoms with Gasteiger partial charge in [-0.1, -0.05) is 25.8 Å². The highest BCUT2D eigenvalue weighted by Crippen LogP contribution is 2.33. The first-order chi connectivity index (χ1) is 12.5. The Bertz CT molecular complexity index is 793. The Morgan fingerprint density at radius 2 is 2.23 bits per heavy atom. The molecule has 0 saturated carbocycles. The number of carbonyl (C=O) groups excluding carboxylic acids is 1. The monoisotopic (exact) mass is 376 g/mol. The molecule has 2 unspecified atom stereocenters. The van der Waals surface area contributed by atoms with Gasteiger partial charge in [0, 0.05) is 30.8 Å². The Hall–Kier alpha value is -2.08. The van der Waals surface area contributed by atoms with Crippen LogP contribution in [0.2, 0.25) is 5.28 Å². The molecule has 0 aliphatic carbocycles. The number of rotatable bonds is 5. The maximum atomic E-state index is 11.1. The molecule has 0 radical (unpaired) electrons. The van der Waals surface area contributed by atoms with E-state index in [1.807, 2.05) is 13.0 Å². The van der Waals surface area contributed by atoms with E-state index in [9.17, 15) is 4.79 Å². The van der Waals surface area contributed by atoms with Gasteiger partial charge in [-0.15, -0.1) is 0 Å². The van der Waals surface area contributed by atoms with Crippen LogP contribution in [-0.4, -0.2) is 34.8 Å². The van der Waals surface area contributed by atoms with Crippen LogP contribution in [0.5, 0.6) is 0 Å². The largest absolute Gasteiger partial charge is 0.446 e. The molecule has 0 spiro atoms. The highest BCUT2D eigenvalue weighted by molar-refractivity contribution is 6.28. The van der Waals surface area contributed by atoms with Gasteiger partial charge in [0.25, 0.3) is 0 Å². The lowest BCUT2D eigenvalue weighted by Crippen LogP contribution is -2.46. The number of fused-ring (bicyclic) bond motifs is 1. The summed E-state index contributed by atoms with van der Waals surface area (Å²) in [5.74, 6) is 0.860. The molecule has 6 nitrogen and oxygen atoms in total. The average molecular weight is 377 g/mol. The standard InChI is InChI=1S/C19H25ClN4O2/c1-3-4-5-13-11-14(26-19(21)25)8-9-24(13)17-15-7-6-12(2)10-16(15)22-18(20)23-17/h6-7,10,13-14H,3-5,8-9,11H2,1-2H3,(H2,21,25). The fraction of sp³-hybridized carbons (Fsp3) is 0.526. The first-order valence-electron chi connectivity index (χ1n) is 9.14. The number of nitrogens with zero attached hydrogens (tertiary/aromatic N) is 3. The van der Waals surface area contributed by atoms with Gasteiger partial charge in [-0.25, -0.2) is 9.78 Å². The summed E-state index contributed by atoms with van der Waals surface area (Å²) in [6.45, 7) is 4.94. The summed E-state index contributed by atoms with van der Waals surface area (Å²) in [7, 11) is 0. The molecule has 7 heteroatoms. The highest BCUT2D eigenvalue weighted by atomic mass is 35.5. The molecule has 140 valence electrons. The van der Waals surface area contributed by atoms with Gasteiger partial charge in [0.15, 0.2) is 0 Å². The number of ether oxygens (including phenoxy) is 1. The zero-order valence-corrected chi connectivity index (χ0v) is 16.0. The molecule has 1 aliphatic heterocycles. The number of carbonyl (C=O) groups is 1. The van der Waals surface area contributed by atoms with E-state index in [0.29, 0.717) is 0 Å². The Morgan fingerprint density at radius 3 is 2.96 bits per heavy atom. The molecule has 2 aromatic rings. The number of primary amides is 1. The minimum atomic E-state index is -0.705. The zero-order chi connectivity index (χ0) is 18.7. The van der Waals surface area contributed by atoms with Crippen LogP contribution in [-0.2, 0) is 4.74 Å². The molecule has 1 aromatic heterocycles. The van der Waals surface area contributed by atoms with Gasteiger partial charge in [-0.05, 0) is 42.6 Å². The second-order valence-corrected chi connectivity index (χ2v) is 7.25. The fourth-order valence-electron chi connectivity index (χ4n) is 3.69. The maximum absolute atomic E-state index is 11.1. The van der Waals surface area contributed by atoms with Crippen LogP contribution in [0.3, 0.4) is 0 Å². The number of aromatic nitrogens is 2. The number of halogens is 1. The van der Waals surface area contributed by atoms with E-state index in [0.717, 1.165) is 60.9 Å². The molecule has 2 heterocycles. The van der Waals surface area contributed by atoms with Crippen molar-refractivity contribution in [1.82, 2.24) is 9.97 Å². The summed E-state index contributed by atoms with van der Waals surface area (Å²) in [4.78, 5) is 22.4. The normalized spacial score (nSPS) is 20.3. The third-order valence-corrected chi connectivity index (χ3v) is 5.09. The van der Waals surface area contributed by atoms with E-state index in [1.165, 1.54) is 0 Å². The van der Waals surface area contributed by atoms with Crippen molar-refractivity contribution in [3.63, 3.8) is 0 Å². The Balaban J connectivity index is 1.95. The molecule has 1 saturated heterocycles.